The molecule has 0 aliphatic rings. The van der Waals surface area contributed by atoms with Crippen LogP contribution in [0.5, 0.6) is 11.6 Å². The van der Waals surface area contributed by atoms with Gasteiger partial charge in [-0.05, 0) is 66.6 Å². The Morgan fingerprint density at radius 2 is 1.66 bits per heavy atom. The Bertz CT molecular complexity index is 989. The standard InChI is InChI=1S/C27H41N3OSi/c1-9-29(8)18-16-23-19-30(32(20(2)3,21(4)5)22(6)7)24-13-12-14-25(27(23)24)31-26-15-10-11-17-28-26/h10-15,17,19-22H,9,16,18H2,1-8H3. The summed E-state index contributed by atoms with van der Waals surface area (Å²) in [5.74, 6) is 1.55. The van der Waals surface area contributed by atoms with Crippen LogP contribution in [-0.2, 0) is 6.42 Å². The van der Waals surface area contributed by atoms with E-state index in [9.17, 15) is 0 Å². The number of ether oxygens (including phenoxy) is 1. The van der Waals surface area contributed by atoms with E-state index >= 15 is 0 Å². The maximum absolute atomic E-state index is 6.35. The summed E-state index contributed by atoms with van der Waals surface area (Å²) in [5, 5.41) is 1.25. The normalized spacial score (nSPS) is 12.6. The molecule has 0 saturated carbocycles. The predicted octanol–water partition coefficient (Wildman–Crippen LogP) is 7.35. The van der Waals surface area contributed by atoms with Crippen molar-refractivity contribution < 1.29 is 4.74 Å². The number of rotatable bonds is 10. The van der Waals surface area contributed by atoms with Crippen LogP contribution in [-0.4, -0.2) is 42.5 Å². The SMILES string of the molecule is CCN(C)CCc1cn([Si](C(C)C)(C(C)C)C(C)C)c2cccc(Oc3ccccn3)c12. The molecule has 2 heterocycles. The van der Waals surface area contributed by atoms with Gasteiger partial charge in [-0.1, -0.05) is 60.6 Å². The van der Waals surface area contributed by atoms with Gasteiger partial charge < -0.3 is 13.9 Å². The Labute approximate surface area is 195 Å². The number of aromatic nitrogens is 2. The van der Waals surface area contributed by atoms with E-state index in [1.54, 1.807) is 6.20 Å². The maximum atomic E-state index is 6.35. The van der Waals surface area contributed by atoms with Crippen molar-refractivity contribution in [2.24, 2.45) is 0 Å². The van der Waals surface area contributed by atoms with E-state index < -0.39 is 8.24 Å². The summed E-state index contributed by atoms with van der Waals surface area (Å²) >= 11 is 0. The summed E-state index contributed by atoms with van der Waals surface area (Å²) in [6, 6.07) is 12.3. The molecule has 0 bridgehead atoms. The highest BCUT2D eigenvalue weighted by Crippen LogP contribution is 2.46. The smallest absolute Gasteiger partial charge is 0.219 e. The van der Waals surface area contributed by atoms with Gasteiger partial charge >= 0.3 is 0 Å². The summed E-state index contributed by atoms with van der Waals surface area (Å²) in [7, 11) is 0.299. The number of likely N-dealkylation sites (N-methyl/N-ethyl adjacent to an activating group) is 1. The average Bonchev–Trinajstić information content (AvgIpc) is 3.12. The number of benzene rings is 1. The number of hydrogen-bond acceptors (Lipinski definition) is 3. The van der Waals surface area contributed by atoms with Crippen LogP contribution in [0.4, 0.5) is 0 Å². The van der Waals surface area contributed by atoms with Crippen LogP contribution >= 0.6 is 0 Å². The van der Waals surface area contributed by atoms with Crippen molar-refractivity contribution in [1.29, 1.82) is 0 Å². The molecule has 0 unspecified atom stereocenters. The first-order valence-corrected chi connectivity index (χ1v) is 14.3. The van der Waals surface area contributed by atoms with Crippen molar-refractivity contribution in [3.05, 3.63) is 54.4 Å². The Morgan fingerprint density at radius 1 is 0.969 bits per heavy atom. The molecule has 174 valence electrons. The van der Waals surface area contributed by atoms with Crippen molar-refractivity contribution in [3.63, 3.8) is 0 Å². The highest BCUT2D eigenvalue weighted by atomic mass is 28.3. The number of fused-ring (bicyclic) bond motifs is 1. The highest BCUT2D eigenvalue weighted by Gasteiger charge is 2.46. The van der Waals surface area contributed by atoms with Crippen molar-refractivity contribution in [2.45, 2.75) is 71.5 Å². The highest BCUT2D eigenvalue weighted by molar-refractivity contribution is 6.82. The van der Waals surface area contributed by atoms with E-state index in [2.05, 4.69) is 94.0 Å². The van der Waals surface area contributed by atoms with Crippen molar-refractivity contribution in [1.82, 2.24) is 14.1 Å². The van der Waals surface area contributed by atoms with Gasteiger partial charge in [0.2, 0.25) is 5.88 Å². The molecule has 0 atom stereocenters. The molecule has 0 amide bonds. The molecule has 0 fully saturated rings. The fourth-order valence-electron chi connectivity index (χ4n) is 5.75. The Morgan fingerprint density at radius 3 is 2.22 bits per heavy atom. The first-order chi connectivity index (χ1) is 15.2. The largest absolute Gasteiger partial charge is 0.438 e. The molecule has 0 spiro atoms. The van der Waals surface area contributed by atoms with Gasteiger partial charge in [-0.25, -0.2) is 4.98 Å². The second-order valence-corrected chi connectivity index (χ2v) is 15.7. The van der Waals surface area contributed by atoms with E-state index in [0.29, 0.717) is 22.5 Å². The number of nitrogens with zero attached hydrogens (tertiary/aromatic N) is 3. The van der Waals surface area contributed by atoms with Crippen LogP contribution in [0.25, 0.3) is 10.9 Å². The van der Waals surface area contributed by atoms with Gasteiger partial charge in [-0.15, -0.1) is 0 Å². The Hall–Kier alpha value is -2.11. The summed E-state index contributed by atoms with van der Waals surface area (Å²) in [5.41, 5.74) is 4.58. The van der Waals surface area contributed by atoms with Gasteiger partial charge in [0.1, 0.15) is 5.75 Å². The summed E-state index contributed by atoms with van der Waals surface area (Å²) in [4.78, 5) is 6.79. The molecular weight excluding hydrogens is 410 g/mol. The molecule has 32 heavy (non-hydrogen) atoms. The minimum Gasteiger partial charge on any atom is -0.438 e. The molecule has 5 heteroatoms. The quantitative estimate of drug-likeness (QED) is 0.302. The zero-order valence-corrected chi connectivity index (χ0v) is 22.2. The lowest BCUT2D eigenvalue weighted by Gasteiger charge is -2.44. The van der Waals surface area contributed by atoms with Crippen LogP contribution in [0.15, 0.2) is 48.8 Å². The molecule has 0 aliphatic heterocycles. The summed E-state index contributed by atoms with van der Waals surface area (Å²) < 4.78 is 9.07. The topological polar surface area (TPSA) is 30.3 Å². The van der Waals surface area contributed by atoms with Gasteiger partial charge in [-0.2, -0.15) is 0 Å². The average molecular weight is 452 g/mol. The predicted molar refractivity (Wildman–Crippen MR) is 140 cm³/mol. The monoisotopic (exact) mass is 451 g/mol. The molecule has 1 aromatic carbocycles. The van der Waals surface area contributed by atoms with E-state index in [0.717, 1.165) is 25.3 Å². The van der Waals surface area contributed by atoms with Crippen LogP contribution in [0.3, 0.4) is 0 Å². The third kappa shape index (κ3) is 4.51. The molecular formula is C27H41N3OSi. The molecule has 2 aromatic heterocycles. The lowest BCUT2D eigenvalue weighted by atomic mass is 10.1. The third-order valence-electron chi connectivity index (χ3n) is 7.22. The second-order valence-electron chi connectivity index (χ2n) is 9.94. The van der Waals surface area contributed by atoms with Crippen LogP contribution < -0.4 is 4.74 Å². The molecule has 0 radical (unpaired) electrons. The van der Waals surface area contributed by atoms with E-state index in [1.807, 2.05) is 18.2 Å². The molecule has 0 N–H and O–H groups in total. The van der Waals surface area contributed by atoms with Gasteiger partial charge in [0, 0.05) is 29.7 Å². The van der Waals surface area contributed by atoms with E-state index in [1.165, 1.54) is 16.5 Å². The molecule has 0 saturated heterocycles. The molecule has 3 rings (SSSR count). The third-order valence-corrected chi connectivity index (χ3v) is 14.0. The zero-order chi connectivity index (χ0) is 23.5. The first kappa shape index (κ1) is 24.5. The minimum absolute atomic E-state index is 0.629. The van der Waals surface area contributed by atoms with E-state index in [4.69, 9.17) is 4.74 Å². The van der Waals surface area contributed by atoms with Crippen LogP contribution in [0.1, 0.15) is 54.0 Å². The second kappa shape index (κ2) is 10.2. The lowest BCUT2D eigenvalue weighted by molar-refractivity contribution is 0.358. The fraction of sp³-hybridized carbons (Fsp3) is 0.519. The van der Waals surface area contributed by atoms with Gasteiger partial charge in [0.25, 0.3) is 0 Å². The maximum Gasteiger partial charge on any atom is 0.219 e. The van der Waals surface area contributed by atoms with Crippen molar-refractivity contribution in [2.75, 3.05) is 20.1 Å². The minimum atomic E-state index is -1.89. The van der Waals surface area contributed by atoms with Crippen molar-refractivity contribution >= 4 is 19.1 Å². The van der Waals surface area contributed by atoms with Crippen LogP contribution in [0.2, 0.25) is 16.6 Å². The van der Waals surface area contributed by atoms with E-state index in [-0.39, 0.29) is 0 Å². The fourth-order valence-corrected chi connectivity index (χ4v) is 12.4. The van der Waals surface area contributed by atoms with Crippen molar-refractivity contribution in [3.8, 4) is 11.6 Å². The number of pyridine rings is 1. The zero-order valence-electron chi connectivity index (χ0n) is 21.2. The van der Waals surface area contributed by atoms with Crippen LogP contribution in [0, 0.1) is 0 Å². The molecule has 4 nitrogen and oxygen atoms in total. The van der Waals surface area contributed by atoms with Gasteiger partial charge in [-0.3, -0.25) is 0 Å². The summed E-state index contributed by atoms with van der Waals surface area (Å²) in [6.07, 6.45) is 5.27. The molecule has 3 aromatic rings. The Kier molecular flexibility index (Phi) is 7.83. The lowest BCUT2D eigenvalue weighted by Crippen LogP contribution is -2.51. The van der Waals surface area contributed by atoms with Gasteiger partial charge in [0.05, 0.1) is 0 Å². The Balaban J connectivity index is 2.25. The number of hydrogen-bond donors (Lipinski definition) is 0. The molecule has 0 aliphatic carbocycles. The summed E-state index contributed by atoms with van der Waals surface area (Å²) in [6.45, 7) is 18.9. The van der Waals surface area contributed by atoms with Gasteiger partial charge in [0.15, 0.2) is 8.24 Å². The first-order valence-electron chi connectivity index (χ1n) is 12.1.